The SMILES string of the molecule is O=C(O)C1c2ccccc2CCN1C(=O)c1ccc(OC2CCOCC2)cc1. The van der Waals surface area contributed by atoms with Crippen molar-refractivity contribution in [3.63, 3.8) is 0 Å². The van der Waals surface area contributed by atoms with Crippen molar-refractivity contribution in [2.45, 2.75) is 31.4 Å². The van der Waals surface area contributed by atoms with Gasteiger partial charge >= 0.3 is 5.97 Å². The summed E-state index contributed by atoms with van der Waals surface area (Å²) >= 11 is 0. The van der Waals surface area contributed by atoms with Crippen LogP contribution in [-0.2, 0) is 16.0 Å². The third-order valence-electron chi connectivity index (χ3n) is 5.35. The Kier molecular flexibility index (Phi) is 5.30. The van der Waals surface area contributed by atoms with Gasteiger partial charge in [0.2, 0.25) is 0 Å². The Morgan fingerprint density at radius 3 is 2.46 bits per heavy atom. The molecule has 0 radical (unpaired) electrons. The molecule has 6 nitrogen and oxygen atoms in total. The van der Waals surface area contributed by atoms with Gasteiger partial charge in [-0.2, -0.15) is 0 Å². The van der Waals surface area contributed by atoms with E-state index in [0.29, 0.717) is 43.1 Å². The summed E-state index contributed by atoms with van der Waals surface area (Å²) in [4.78, 5) is 26.4. The second-order valence-corrected chi connectivity index (χ2v) is 7.14. The Morgan fingerprint density at radius 1 is 1.04 bits per heavy atom. The zero-order chi connectivity index (χ0) is 19.5. The highest BCUT2D eigenvalue weighted by molar-refractivity contribution is 5.97. The average Bonchev–Trinajstić information content (AvgIpc) is 2.73. The maximum Gasteiger partial charge on any atom is 0.331 e. The molecule has 2 heterocycles. The molecule has 1 atom stereocenters. The van der Waals surface area contributed by atoms with E-state index in [0.717, 1.165) is 18.4 Å². The molecular formula is C22H23NO5. The van der Waals surface area contributed by atoms with Gasteiger partial charge in [-0.25, -0.2) is 4.79 Å². The normalized spacial score (nSPS) is 19.7. The average molecular weight is 381 g/mol. The molecule has 2 aromatic carbocycles. The lowest BCUT2D eigenvalue weighted by Crippen LogP contribution is -2.43. The molecule has 0 bridgehead atoms. The summed E-state index contributed by atoms with van der Waals surface area (Å²) in [6, 6.07) is 13.4. The summed E-state index contributed by atoms with van der Waals surface area (Å²) in [5.41, 5.74) is 2.14. The van der Waals surface area contributed by atoms with Crippen LogP contribution in [0.5, 0.6) is 5.75 Å². The fourth-order valence-corrected chi connectivity index (χ4v) is 3.88. The van der Waals surface area contributed by atoms with E-state index < -0.39 is 12.0 Å². The van der Waals surface area contributed by atoms with Crippen molar-refractivity contribution in [1.82, 2.24) is 4.90 Å². The lowest BCUT2D eigenvalue weighted by molar-refractivity contribution is -0.143. The van der Waals surface area contributed by atoms with E-state index in [1.807, 2.05) is 18.2 Å². The quantitative estimate of drug-likeness (QED) is 0.881. The number of amides is 1. The number of benzene rings is 2. The predicted molar refractivity (Wildman–Crippen MR) is 102 cm³/mol. The molecule has 0 saturated carbocycles. The van der Waals surface area contributed by atoms with Gasteiger partial charge in [0.15, 0.2) is 6.04 Å². The van der Waals surface area contributed by atoms with Crippen molar-refractivity contribution in [2.75, 3.05) is 19.8 Å². The maximum absolute atomic E-state index is 13.0. The standard InChI is InChI=1S/C22H23NO5/c24-21(16-5-7-17(8-6-16)28-18-10-13-27-14-11-18)23-12-9-15-3-1-2-4-19(15)20(23)22(25)26/h1-8,18,20H,9-14H2,(H,25,26). The summed E-state index contributed by atoms with van der Waals surface area (Å²) < 4.78 is 11.3. The van der Waals surface area contributed by atoms with E-state index in [-0.39, 0.29) is 12.0 Å². The summed E-state index contributed by atoms with van der Waals surface area (Å²) in [6.07, 6.45) is 2.49. The highest BCUT2D eigenvalue weighted by atomic mass is 16.5. The topological polar surface area (TPSA) is 76.1 Å². The second kappa shape index (κ2) is 8.02. The number of aliphatic carboxylic acids is 1. The van der Waals surface area contributed by atoms with Crippen molar-refractivity contribution < 1.29 is 24.2 Å². The largest absolute Gasteiger partial charge is 0.490 e. The van der Waals surface area contributed by atoms with Gasteiger partial charge < -0.3 is 19.5 Å². The van der Waals surface area contributed by atoms with Crippen LogP contribution < -0.4 is 4.74 Å². The van der Waals surface area contributed by atoms with Gasteiger partial charge in [0.05, 0.1) is 13.2 Å². The van der Waals surface area contributed by atoms with Crippen molar-refractivity contribution in [2.24, 2.45) is 0 Å². The fourth-order valence-electron chi connectivity index (χ4n) is 3.88. The summed E-state index contributed by atoms with van der Waals surface area (Å²) in [5.74, 6) is -0.582. The summed E-state index contributed by atoms with van der Waals surface area (Å²) in [6.45, 7) is 1.79. The van der Waals surface area contributed by atoms with Crippen LogP contribution in [-0.4, -0.2) is 47.7 Å². The highest BCUT2D eigenvalue weighted by Crippen LogP contribution is 2.31. The molecule has 1 amide bonds. The first-order chi connectivity index (χ1) is 13.6. The van der Waals surface area contributed by atoms with Crippen LogP contribution in [0.2, 0.25) is 0 Å². The minimum Gasteiger partial charge on any atom is -0.490 e. The van der Waals surface area contributed by atoms with Gasteiger partial charge in [-0.15, -0.1) is 0 Å². The number of carbonyl (C=O) groups excluding carboxylic acids is 1. The second-order valence-electron chi connectivity index (χ2n) is 7.14. The molecule has 0 aliphatic carbocycles. The third kappa shape index (κ3) is 3.73. The molecule has 0 spiro atoms. The van der Waals surface area contributed by atoms with Crippen LogP contribution in [0.25, 0.3) is 0 Å². The van der Waals surface area contributed by atoms with Gasteiger partial charge in [0.25, 0.3) is 5.91 Å². The van der Waals surface area contributed by atoms with Crippen LogP contribution in [0.4, 0.5) is 0 Å². The van der Waals surface area contributed by atoms with Crippen LogP contribution in [0.3, 0.4) is 0 Å². The number of ether oxygens (including phenoxy) is 2. The molecule has 2 aliphatic heterocycles. The van der Waals surface area contributed by atoms with Crippen molar-refractivity contribution >= 4 is 11.9 Å². The van der Waals surface area contributed by atoms with E-state index in [1.165, 1.54) is 4.90 Å². The molecule has 1 N–H and O–H groups in total. The number of fused-ring (bicyclic) bond motifs is 1. The first-order valence-electron chi connectivity index (χ1n) is 9.59. The first kappa shape index (κ1) is 18.5. The first-order valence-corrected chi connectivity index (χ1v) is 9.59. The number of carboxylic acids is 1. The smallest absolute Gasteiger partial charge is 0.331 e. The lowest BCUT2D eigenvalue weighted by Gasteiger charge is -2.34. The summed E-state index contributed by atoms with van der Waals surface area (Å²) in [7, 11) is 0. The van der Waals surface area contributed by atoms with E-state index in [4.69, 9.17) is 9.47 Å². The van der Waals surface area contributed by atoms with Crippen LogP contribution in [0, 0.1) is 0 Å². The Labute approximate surface area is 163 Å². The monoisotopic (exact) mass is 381 g/mol. The van der Waals surface area contributed by atoms with E-state index in [9.17, 15) is 14.7 Å². The zero-order valence-electron chi connectivity index (χ0n) is 15.5. The van der Waals surface area contributed by atoms with Gasteiger partial charge in [-0.05, 0) is 41.8 Å². The molecule has 2 aromatic rings. The predicted octanol–water partition coefficient (Wildman–Crippen LogP) is 3.07. The Hall–Kier alpha value is -2.86. The molecule has 6 heteroatoms. The molecule has 1 saturated heterocycles. The number of carbonyl (C=O) groups is 2. The number of hydrogen-bond acceptors (Lipinski definition) is 4. The number of rotatable bonds is 4. The summed E-state index contributed by atoms with van der Waals surface area (Å²) in [5, 5.41) is 9.75. The molecule has 28 heavy (non-hydrogen) atoms. The molecule has 1 fully saturated rings. The van der Waals surface area contributed by atoms with Gasteiger partial charge in [-0.3, -0.25) is 4.79 Å². The minimum atomic E-state index is -1.01. The minimum absolute atomic E-state index is 0.130. The number of carboxylic acid groups (broad SMARTS) is 1. The van der Waals surface area contributed by atoms with Crippen molar-refractivity contribution in [3.05, 3.63) is 65.2 Å². The van der Waals surface area contributed by atoms with E-state index >= 15 is 0 Å². The molecule has 2 aliphatic rings. The maximum atomic E-state index is 13.0. The number of hydrogen-bond donors (Lipinski definition) is 1. The van der Waals surface area contributed by atoms with Gasteiger partial charge in [0.1, 0.15) is 11.9 Å². The third-order valence-corrected chi connectivity index (χ3v) is 5.35. The van der Waals surface area contributed by atoms with Crippen LogP contribution >= 0.6 is 0 Å². The molecule has 4 rings (SSSR count). The lowest BCUT2D eigenvalue weighted by atomic mass is 9.92. The molecular weight excluding hydrogens is 358 g/mol. The zero-order valence-corrected chi connectivity index (χ0v) is 15.5. The Balaban J connectivity index is 1.51. The van der Waals surface area contributed by atoms with Gasteiger partial charge in [0, 0.05) is 24.9 Å². The Bertz CT molecular complexity index is 857. The molecule has 1 unspecified atom stereocenters. The Morgan fingerprint density at radius 2 is 1.75 bits per heavy atom. The molecule has 0 aromatic heterocycles. The van der Waals surface area contributed by atoms with Crippen LogP contribution in [0.15, 0.2) is 48.5 Å². The van der Waals surface area contributed by atoms with Crippen LogP contribution in [0.1, 0.15) is 40.4 Å². The highest BCUT2D eigenvalue weighted by Gasteiger charge is 2.36. The van der Waals surface area contributed by atoms with E-state index in [1.54, 1.807) is 30.3 Å². The molecule has 146 valence electrons. The van der Waals surface area contributed by atoms with Crippen molar-refractivity contribution in [3.8, 4) is 5.75 Å². The fraction of sp³-hybridized carbons (Fsp3) is 0.364. The number of nitrogens with zero attached hydrogens (tertiary/aromatic N) is 1. The van der Waals surface area contributed by atoms with Gasteiger partial charge in [-0.1, -0.05) is 24.3 Å². The van der Waals surface area contributed by atoms with Crippen molar-refractivity contribution in [1.29, 1.82) is 0 Å². The van der Waals surface area contributed by atoms with E-state index in [2.05, 4.69) is 0 Å².